The summed E-state index contributed by atoms with van der Waals surface area (Å²) in [6, 6.07) is 0. The van der Waals surface area contributed by atoms with Crippen LogP contribution in [-0.4, -0.2) is 19.0 Å². The maximum atomic E-state index is 13.4. The average Bonchev–Trinajstić information content (AvgIpc) is 2.44. The van der Waals surface area contributed by atoms with Crippen molar-refractivity contribution in [1.82, 2.24) is 0 Å². The van der Waals surface area contributed by atoms with Gasteiger partial charge in [0.25, 0.3) is 0 Å². The summed E-state index contributed by atoms with van der Waals surface area (Å²) in [4.78, 5) is 11.8. The minimum absolute atomic E-state index is 0.175. The zero-order valence-electron chi connectivity index (χ0n) is 10.3. The van der Waals surface area contributed by atoms with E-state index in [1.165, 1.54) is 0 Å². The van der Waals surface area contributed by atoms with Gasteiger partial charge in [0, 0.05) is 19.6 Å². The number of ketones is 1. The number of hydrogen-bond acceptors (Lipinski definition) is 2. The third kappa shape index (κ3) is 2.67. The molecular weight excluding hydrogens is 283 g/mol. The van der Waals surface area contributed by atoms with Crippen molar-refractivity contribution in [3.05, 3.63) is 34.6 Å². The van der Waals surface area contributed by atoms with Crippen molar-refractivity contribution in [3.8, 4) is 0 Å². The topological polar surface area (TPSA) is 26.3 Å². The van der Waals surface area contributed by atoms with Crippen LogP contribution in [0.15, 0.2) is 0 Å². The molecule has 7 heteroatoms. The minimum Gasteiger partial charge on any atom is -0.381 e. The Morgan fingerprint density at radius 2 is 1.35 bits per heavy atom. The van der Waals surface area contributed by atoms with Gasteiger partial charge in [-0.25, -0.2) is 22.0 Å². The molecule has 20 heavy (non-hydrogen) atoms. The van der Waals surface area contributed by atoms with Crippen LogP contribution in [0.25, 0.3) is 0 Å². The first kappa shape index (κ1) is 14.9. The van der Waals surface area contributed by atoms with Crippen LogP contribution in [0, 0.1) is 35.0 Å². The molecule has 2 rings (SSSR count). The first-order valence-corrected chi connectivity index (χ1v) is 6.05. The number of hydrogen-bond donors (Lipinski definition) is 0. The van der Waals surface area contributed by atoms with E-state index in [-0.39, 0.29) is 12.3 Å². The molecule has 0 N–H and O–H groups in total. The van der Waals surface area contributed by atoms with Gasteiger partial charge in [-0.3, -0.25) is 4.79 Å². The highest BCUT2D eigenvalue weighted by Crippen LogP contribution is 2.27. The molecular formula is C13H11F5O2. The number of rotatable bonds is 3. The normalized spacial score (nSPS) is 16.4. The molecule has 0 radical (unpaired) electrons. The maximum Gasteiger partial charge on any atom is 0.200 e. The Hall–Kier alpha value is -1.50. The Morgan fingerprint density at radius 3 is 1.85 bits per heavy atom. The van der Waals surface area contributed by atoms with E-state index in [0.29, 0.717) is 26.1 Å². The van der Waals surface area contributed by atoms with Gasteiger partial charge < -0.3 is 4.74 Å². The smallest absolute Gasteiger partial charge is 0.200 e. The zero-order valence-corrected chi connectivity index (χ0v) is 10.3. The molecule has 1 aliphatic rings. The largest absolute Gasteiger partial charge is 0.381 e. The van der Waals surface area contributed by atoms with E-state index in [1.54, 1.807) is 0 Å². The summed E-state index contributed by atoms with van der Waals surface area (Å²) in [6.45, 7) is 0.824. The molecule has 2 nitrogen and oxygen atoms in total. The van der Waals surface area contributed by atoms with Crippen LogP contribution in [0.4, 0.5) is 22.0 Å². The Balaban J connectivity index is 2.30. The summed E-state index contributed by atoms with van der Waals surface area (Å²) < 4.78 is 70.8. The van der Waals surface area contributed by atoms with Crippen molar-refractivity contribution in [1.29, 1.82) is 0 Å². The van der Waals surface area contributed by atoms with Gasteiger partial charge in [-0.15, -0.1) is 0 Å². The first-order valence-electron chi connectivity index (χ1n) is 6.05. The predicted octanol–water partition coefficient (Wildman–Crippen LogP) is 3.38. The lowest BCUT2D eigenvalue weighted by molar-refractivity contribution is 0.0598. The molecule has 1 aliphatic heterocycles. The monoisotopic (exact) mass is 294 g/mol. The lowest BCUT2D eigenvalue weighted by Crippen LogP contribution is -2.21. The molecule has 0 amide bonds. The van der Waals surface area contributed by atoms with Crippen molar-refractivity contribution in [2.75, 3.05) is 13.2 Å². The molecule has 1 aromatic carbocycles. The van der Waals surface area contributed by atoms with Crippen LogP contribution in [0.5, 0.6) is 0 Å². The second kappa shape index (κ2) is 5.87. The van der Waals surface area contributed by atoms with Crippen LogP contribution in [0.3, 0.4) is 0 Å². The van der Waals surface area contributed by atoms with Crippen molar-refractivity contribution in [2.24, 2.45) is 5.92 Å². The van der Waals surface area contributed by atoms with E-state index in [4.69, 9.17) is 4.74 Å². The minimum atomic E-state index is -2.26. The van der Waals surface area contributed by atoms with Gasteiger partial charge in [0.05, 0.1) is 5.56 Å². The summed E-state index contributed by atoms with van der Waals surface area (Å²) in [6.07, 6.45) is 0.768. The Bertz CT molecular complexity index is 509. The predicted molar refractivity (Wildman–Crippen MR) is 58.7 cm³/mol. The van der Waals surface area contributed by atoms with Gasteiger partial charge in [0.2, 0.25) is 5.82 Å². The van der Waals surface area contributed by atoms with Gasteiger partial charge >= 0.3 is 0 Å². The molecule has 0 bridgehead atoms. The molecule has 0 spiro atoms. The molecule has 0 saturated carbocycles. The van der Waals surface area contributed by atoms with Gasteiger partial charge in [-0.05, 0) is 18.8 Å². The fourth-order valence-corrected chi connectivity index (χ4v) is 2.16. The lowest BCUT2D eigenvalue weighted by Gasteiger charge is -2.21. The number of carbonyl (C=O) groups excluding carboxylic acids is 1. The Labute approximate surface area is 111 Å². The number of Topliss-reactive ketones (excluding diaryl/α,β-unsaturated/α-hetero) is 1. The number of carbonyl (C=O) groups is 1. The lowest BCUT2D eigenvalue weighted by atomic mass is 9.91. The van der Waals surface area contributed by atoms with E-state index in [1.807, 2.05) is 0 Å². The van der Waals surface area contributed by atoms with Gasteiger partial charge in [0.15, 0.2) is 29.1 Å². The standard InChI is InChI=1S/C13H11F5O2/c14-9-8(10(15)12(17)13(18)11(9)16)7(19)5-6-1-3-20-4-2-6/h6H,1-5H2. The SMILES string of the molecule is O=C(CC1CCOCC1)c1c(F)c(F)c(F)c(F)c1F. The highest BCUT2D eigenvalue weighted by molar-refractivity contribution is 5.96. The second-order valence-corrected chi connectivity index (χ2v) is 4.63. The van der Waals surface area contributed by atoms with Crippen LogP contribution in [0.2, 0.25) is 0 Å². The van der Waals surface area contributed by atoms with Gasteiger partial charge in [0.1, 0.15) is 0 Å². The third-order valence-corrected chi connectivity index (χ3v) is 3.30. The van der Waals surface area contributed by atoms with E-state index < -0.39 is 40.4 Å². The molecule has 1 heterocycles. The molecule has 0 aromatic heterocycles. The van der Waals surface area contributed by atoms with Crippen LogP contribution in [0.1, 0.15) is 29.6 Å². The number of benzene rings is 1. The highest BCUT2D eigenvalue weighted by Gasteiger charge is 2.30. The zero-order chi connectivity index (χ0) is 14.9. The summed E-state index contributed by atoms with van der Waals surface area (Å²) >= 11 is 0. The van der Waals surface area contributed by atoms with E-state index >= 15 is 0 Å². The fraction of sp³-hybridized carbons (Fsp3) is 0.462. The molecule has 1 saturated heterocycles. The molecule has 110 valence electrons. The van der Waals surface area contributed by atoms with E-state index in [0.717, 1.165) is 0 Å². The maximum absolute atomic E-state index is 13.4. The first-order chi connectivity index (χ1) is 9.43. The summed E-state index contributed by atoms with van der Waals surface area (Å²) in [5.41, 5.74) is -1.35. The van der Waals surface area contributed by atoms with Crippen molar-refractivity contribution >= 4 is 5.78 Å². The van der Waals surface area contributed by atoms with Crippen LogP contribution < -0.4 is 0 Å². The number of halogens is 5. The van der Waals surface area contributed by atoms with Crippen molar-refractivity contribution in [3.63, 3.8) is 0 Å². The molecule has 0 aliphatic carbocycles. The highest BCUT2D eigenvalue weighted by atomic mass is 19.2. The van der Waals surface area contributed by atoms with Gasteiger partial charge in [-0.2, -0.15) is 0 Å². The molecule has 0 unspecified atom stereocenters. The van der Waals surface area contributed by atoms with E-state index in [9.17, 15) is 26.7 Å². The summed E-state index contributed by atoms with van der Waals surface area (Å²) in [7, 11) is 0. The number of ether oxygens (including phenoxy) is 1. The fourth-order valence-electron chi connectivity index (χ4n) is 2.16. The molecule has 1 aromatic rings. The van der Waals surface area contributed by atoms with Gasteiger partial charge in [-0.1, -0.05) is 0 Å². The Kier molecular flexibility index (Phi) is 4.37. The summed E-state index contributed by atoms with van der Waals surface area (Å²) in [5.74, 6) is -11.9. The molecule has 1 fully saturated rings. The van der Waals surface area contributed by atoms with Crippen molar-refractivity contribution in [2.45, 2.75) is 19.3 Å². The quantitative estimate of drug-likeness (QED) is 0.370. The van der Waals surface area contributed by atoms with Crippen LogP contribution in [-0.2, 0) is 4.74 Å². The molecule has 0 atom stereocenters. The van der Waals surface area contributed by atoms with E-state index in [2.05, 4.69) is 0 Å². The Morgan fingerprint density at radius 1 is 0.900 bits per heavy atom. The van der Waals surface area contributed by atoms with Crippen molar-refractivity contribution < 1.29 is 31.5 Å². The average molecular weight is 294 g/mol. The second-order valence-electron chi connectivity index (χ2n) is 4.63. The third-order valence-electron chi connectivity index (χ3n) is 3.30. The van der Waals surface area contributed by atoms with Crippen LogP contribution >= 0.6 is 0 Å². The summed E-state index contributed by atoms with van der Waals surface area (Å²) in [5, 5.41) is 0.